The zero-order valence-electron chi connectivity index (χ0n) is 8.00. The second kappa shape index (κ2) is 4.46. The van der Waals surface area contributed by atoms with Crippen molar-refractivity contribution in [3.8, 4) is 11.5 Å². The number of phenols is 1. The van der Waals surface area contributed by atoms with Crippen LogP contribution in [0.2, 0.25) is 0 Å². The molecule has 0 amide bonds. The van der Waals surface area contributed by atoms with E-state index in [9.17, 15) is 9.90 Å². The lowest BCUT2D eigenvalue weighted by molar-refractivity contribution is -0.116. The Morgan fingerprint density at radius 3 is 2.71 bits per heavy atom. The molecule has 0 fully saturated rings. The molecule has 1 aromatic rings. The van der Waals surface area contributed by atoms with Crippen LogP contribution in [-0.2, 0) is 11.2 Å². The molecule has 1 aromatic carbocycles. The fraction of sp³-hybridized carbons (Fsp3) is 0.300. The molecule has 76 valence electrons. The number of halogens is 1. The average molecular weight is 259 g/mol. The fourth-order valence-corrected chi connectivity index (χ4v) is 1.63. The first kappa shape index (κ1) is 11.0. The summed E-state index contributed by atoms with van der Waals surface area (Å²) in [6.45, 7) is 1.48. The third-order valence-electron chi connectivity index (χ3n) is 1.83. The van der Waals surface area contributed by atoms with Crippen LogP contribution in [0.15, 0.2) is 16.6 Å². The van der Waals surface area contributed by atoms with E-state index in [1.165, 1.54) is 14.0 Å². The molecule has 0 bridgehead atoms. The second-order valence-electron chi connectivity index (χ2n) is 2.96. The maximum Gasteiger partial charge on any atom is 0.162 e. The van der Waals surface area contributed by atoms with E-state index >= 15 is 0 Å². The number of ether oxygens (including phenoxy) is 1. The minimum Gasteiger partial charge on any atom is -0.504 e. The van der Waals surface area contributed by atoms with Crippen LogP contribution >= 0.6 is 15.9 Å². The van der Waals surface area contributed by atoms with Gasteiger partial charge < -0.3 is 9.84 Å². The zero-order chi connectivity index (χ0) is 10.7. The van der Waals surface area contributed by atoms with Crippen LogP contribution in [0, 0.1) is 0 Å². The molecule has 0 aliphatic rings. The molecule has 0 aliphatic carbocycles. The van der Waals surface area contributed by atoms with Gasteiger partial charge in [-0.05, 0) is 19.1 Å². The maximum absolute atomic E-state index is 10.9. The molecule has 0 heterocycles. The van der Waals surface area contributed by atoms with Crippen LogP contribution in [0.4, 0.5) is 0 Å². The van der Waals surface area contributed by atoms with Gasteiger partial charge in [-0.15, -0.1) is 0 Å². The Morgan fingerprint density at radius 1 is 1.57 bits per heavy atom. The Morgan fingerprint density at radius 2 is 2.21 bits per heavy atom. The van der Waals surface area contributed by atoms with Gasteiger partial charge in [0.2, 0.25) is 0 Å². The normalized spacial score (nSPS) is 9.93. The van der Waals surface area contributed by atoms with Crippen molar-refractivity contribution in [2.75, 3.05) is 7.11 Å². The van der Waals surface area contributed by atoms with Crippen molar-refractivity contribution < 1.29 is 14.6 Å². The summed E-state index contributed by atoms with van der Waals surface area (Å²) >= 11 is 3.27. The Hall–Kier alpha value is -1.03. The number of ketones is 1. The van der Waals surface area contributed by atoms with E-state index < -0.39 is 0 Å². The SMILES string of the molecule is COc1ccc(Br)c(CC(C)=O)c1O. The highest BCUT2D eigenvalue weighted by atomic mass is 79.9. The number of hydrogen-bond donors (Lipinski definition) is 1. The van der Waals surface area contributed by atoms with E-state index in [2.05, 4.69) is 15.9 Å². The van der Waals surface area contributed by atoms with Crippen molar-refractivity contribution in [3.63, 3.8) is 0 Å². The second-order valence-corrected chi connectivity index (χ2v) is 3.81. The summed E-state index contributed by atoms with van der Waals surface area (Å²) in [5, 5.41) is 9.71. The standard InChI is InChI=1S/C10H11BrO3/c1-6(12)5-7-8(11)3-4-9(14-2)10(7)13/h3-4,13H,5H2,1-2H3. The molecule has 1 rings (SSSR count). The first-order chi connectivity index (χ1) is 6.56. The van der Waals surface area contributed by atoms with Crippen LogP contribution in [0.5, 0.6) is 11.5 Å². The molecular weight excluding hydrogens is 248 g/mol. The molecule has 0 spiro atoms. The van der Waals surface area contributed by atoms with Crippen molar-refractivity contribution in [2.45, 2.75) is 13.3 Å². The quantitative estimate of drug-likeness (QED) is 0.905. The van der Waals surface area contributed by atoms with Crippen LogP contribution in [0.1, 0.15) is 12.5 Å². The summed E-state index contributed by atoms with van der Waals surface area (Å²) in [7, 11) is 1.47. The Labute approximate surface area is 90.8 Å². The molecule has 0 aliphatic heterocycles. The van der Waals surface area contributed by atoms with E-state index in [-0.39, 0.29) is 18.0 Å². The van der Waals surface area contributed by atoms with Crippen LogP contribution < -0.4 is 4.74 Å². The molecule has 4 heteroatoms. The number of carbonyl (C=O) groups is 1. The van der Waals surface area contributed by atoms with Gasteiger partial charge in [0.1, 0.15) is 5.78 Å². The number of rotatable bonds is 3. The minimum absolute atomic E-state index is 0.00532. The van der Waals surface area contributed by atoms with Crippen molar-refractivity contribution >= 4 is 21.7 Å². The molecule has 14 heavy (non-hydrogen) atoms. The number of phenolic OH excluding ortho intramolecular Hbond substituents is 1. The highest BCUT2D eigenvalue weighted by molar-refractivity contribution is 9.10. The van der Waals surface area contributed by atoms with Crippen LogP contribution in [0.25, 0.3) is 0 Å². The van der Waals surface area contributed by atoms with Gasteiger partial charge in [0, 0.05) is 16.5 Å². The number of carbonyl (C=O) groups excluding carboxylic acids is 1. The monoisotopic (exact) mass is 258 g/mol. The van der Waals surface area contributed by atoms with Gasteiger partial charge in [-0.2, -0.15) is 0 Å². The Bertz CT molecular complexity index is 361. The lowest BCUT2D eigenvalue weighted by Crippen LogP contribution is -1.99. The predicted molar refractivity (Wildman–Crippen MR) is 56.7 cm³/mol. The summed E-state index contributed by atoms with van der Waals surface area (Å²) in [6.07, 6.45) is 0.198. The summed E-state index contributed by atoms with van der Waals surface area (Å²) < 4.78 is 5.65. The van der Waals surface area contributed by atoms with Crippen molar-refractivity contribution in [2.24, 2.45) is 0 Å². The molecule has 0 atom stereocenters. The summed E-state index contributed by atoms with van der Waals surface area (Å²) in [5.41, 5.74) is 0.567. The molecule has 0 unspecified atom stereocenters. The molecule has 0 saturated carbocycles. The Kier molecular flexibility index (Phi) is 3.52. The number of hydrogen-bond acceptors (Lipinski definition) is 3. The van der Waals surface area contributed by atoms with E-state index in [4.69, 9.17) is 4.74 Å². The lowest BCUT2D eigenvalue weighted by atomic mass is 10.1. The molecule has 0 aromatic heterocycles. The van der Waals surface area contributed by atoms with Crippen molar-refractivity contribution in [1.29, 1.82) is 0 Å². The largest absolute Gasteiger partial charge is 0.504 e. The number of benzene rings is 1. The van der Waals surface area contributed by atoms with Crippen LogP contribution in [-0.4, -0.2) is 18.0 Å². The summed E-state index contributed by atoms with van der Waals surface area (Å²) in [4.78, 5) is 10.9. The molecule has 1 N–H and O–H groups in total. The van der Waals surface area contributed by atoms with E-state index in [0.717, 1.165) is 0 Å². The topological polar surface area (TPSA) is 46.5 Å². The highest BCUT2D eigenvalue weighted by Crippen LogP contribution is 2.35. The van der Waals surface area contributed by atoms with E-state index in [0.29, 0.717) is 15.8 Å². The highest BCUT2D eigenvalue weighted by Gasteiger charge is 2.12. The summed E-state index contributed by atoms with van der Waals surface area (Å²) in [6, 6.07) is 3.39. The van der Waals surface area contributed by atoms with Crippen molar-refractivity contribution in [3.05, 3.63) is 22.2 Å². The van der Waals surface area contributed by atoms with Gasteiger partial charge in [-0.3, -0.25) is 4.79 Å². The first-order valence-corrected chi connectivity index (χ1v) is 4.89. The predicted octanol–water partition coefficient (Wildman–Crippen LogP) is 2.29. The van der Waals surface area contributed by atoms with Gasteiger partial charge in [0.25, 0.3) is 0 Å². The van der Waals surface area contributed by atoms with Gasteiger partial charge in [0.05, 0.1) is 7.11 Å². The van der Waals surface area contributed by atoms with Gasteiger partial charge >= 0.3 is 0 Å². The molecule has 0 radical (unpaired) electrons. The van der Waals surface area contributed by atoms with Crippen LogP contribution in [0.3, 0.4) is 0 Å². The minimum atomic E-state index is -0.00532. The maximum atomic E-state index is 10.9. The van der Waals surface area contributed by atoms with Gasteiger partial charge in [0.15, 0.2) is 11.5 Å². The average Bonchev–Trinajstić information content (AvgIpc) is 2.12. The third kappa shape index (κ3) is 2.26. The number of aromatic hydroxyl groups is 1. The fourth-order valence-electron chi connectivity index (χ4n) is 1.17. The van der Waals surface area contributed by atoms with E-state index in [1.807, 2.05) is 0 Å². The first-order valence-electron chi connectivity index (χ1n) is 4.10. The van der Waals surface area contributed by atoms with Gasteiger partial charge in [-0.25, -0.2) is 0 Å². The zero-order valence-corrected chi connectivity index (χ0v) is 9.59. The Balaban J connectivity index is 3.18. The smallest absolute Gasteiger partial charge is 0.162 e. The van der Waals surface area contributed by atoms with Gasteiger partial charge in [-0.1, -0.05) is 15.9 Å². The number of methoxy groups -OCH3 is 1. The lowest BCUT2D eigenvalue weighted by Gasteiger charge is -2.09. The summed E-state index contributed by atoms with van der Waals surface area (Å²) in [5.74, 6) is 0.399. The molecule has 0 saturated heterocycles. The van der Waals surface area contributed by atoms with Crippen molar-refractivity contribution in [1.82, 2.24) is 0 Å². The molecule has 3 nitrogen and oxygen atoms in total. The molecular formula is C10H11BrO3. The third-order valence-corrected chi connectivity index (χ3v) is 2.58. The van der Waals surface area contributed by atoms with E-state index in [1.54, 1.807) is 12.1 Å². The number of Topliss-reactive ketones (excluding diaryl/α,β-unsaturated/α-hetero) is 1.